The largest absolute Gasteiger partial charge is 0.481 e. The predicted molar refractivity (Wildman–Crippen MR) is 271 cm³/mol. The molecular weight excluding hydrogens is 1000 g/mol. The van der Waals surface area contributed by atoms with Crippen LogP contribution in [0.25, 0.3) is 0 Å². The van der Waals surface area contributed by atoms with Gasteiger partial charge in [-0.15, -0.1) is 0 Å². The molecule has 0 fully saturated rings. The zero-order valence-corrected chi connectivity index (χ0v) is 44.1. The number of carboxylic acids is 1. The second kappa shape index (κ2) is 29.1. The Hall–Kier alpha value is -4.08. The molecule has 0 saturated heterocycles. The first kappa shape index (κ1) is 60.5. The van der Waals surface area contributed by atoms with Gasteiger partial charge in [0, 0.05) is 74.4 Å². The van der Waals surface area contributed by atoms with E-state index in [1.54, 1.807) is 38.5 Å². The number of methoxy groups -OCH3 is 2. The fourth-order valence-electron chi connectivity index (χ4n) is 8.58. The van der Waals surface area contributed by atoms with Crippen molar-refractivity contribution in [3.8, 4) is 0 Å². The first-order chi connectivity index (χ1) is 34.2. The number of hydrogen-bond acceptors (Lipinski definition) is 16. The van der Waals surface area contributed by atoms with Crippen LogP contribution in [0.3, 0.4) is 0 Å². The number of carboxylic acid groups (broad SMARTS) is 1. The summed E-state index contributed by atoms with van der Waals surface area (Å²) >= 11 is 0. The highest BCUT2D eigenvalue weighted by atomic mass is 32.2. The van der Waals surface area contributed by atoms with Gasteiger partial charge in [-0.2, -0.15) is 25.3 Å². The summed E-state index contributed by atoms with van der Waals surface area (Å²) in [5, 5.41) is 9.24. The number of carbonyl (C=O) groups is 1. The molecule has 4 rings (SSSR count). The number of benzene rings is 2. The van der Waals surface area contributed by atoms with E-state index >= 15 is 0 Å². The fourth-order valence-corrected chi connectivity index (χ4v) is 10.1. The lowest BCUT2D eigenvalue weighted by atomic mass is 9.70. The Morgan fingerprint density at radius 2 is 1.12 bits per heavy atom. The summed E-state index contributed by atoms with van der Waals surface area (Å²) in [5.41, 5.74) is 2.09. The molecule has 0 amide bonds. The van der Waals surface area contributed by atoms with Crippen LogP contribution in [0.2, 0.25) is 0 Å². The van der Waals surface area contributed by atoms with Crippen LogP contribution in [-0.4, -0.2) is 162 Å². The number of fused-ring (bicyclic) bond motifs is 2. The van der Waals surface area contributed by atoms with Crippen LogP contribution in [0, 0.1) is 0 Å². The minimum absolute atomic E-state index is 0.0206. The number of rotatable bonds is 36. The van der Waals surface area contributed by atoms with Crippen molar-refractivity contribution in [3.05, 3.63) is 95.4 Å². The maximum absolute atomic E-state index is 12.5. The van der Waals surface area contributed by atoms with E-state index < -0.39 is 52.9 Å². The molecule has 23 heteroatoms. The van der Waals surface area contributed by atoms with Crippen molar-refractivity contribution in [1.29, 1.82) is 0 Å². The van der Waals surface area contributed by atoms with Gasteiger partial charge < -0.3 is 48.1 Å². The minimum Gasteiger partial charge on any atom is -0.481 e. The topological polar surface area (TPSA) is 272 Å². The zero-order valence-electron chi connectivity index (χ0n) is 41.6. The summed E-state index contributed by atoms with van der Waals surface area (Å²) in [5.74, 6) is -1.42. The number of aliphatic carboxylic acids is 1. The van der Waals surface area contributed by atoms with E-state index in [4.69, 9.17) is 33.2 Å². The van der Waals surface area contributed by atoms with E-state index in [9.17, 15) is 48.8 Å². The molecule has 0 bridgehead atoms. The molecule has 404 valence electrons. The molecule has 2 aliphatic rings. The van der Waals surface area contributed by atoms with E-state index in [0.717, 1.165) is 11.4 Å². The van der Waals surface area contributed by atoms with Crippen LogP contribution >= 0.6 is 0 Å². The van der Waals surface area contributed by atoms with Gasteiger partial charge in [0.1, 0.15) is 0 Å². The van der Waals surface area contributed by atoms with E-state index in [2.05, 4.69) is 4.90 Å². The Balaban J connectivity index is 1.59. The standard InChI is InChI=1S/C49H72N2O18S3/c1-48(19-11-35-70(54,55)56)39(38-50(22-24-63-3)44-17-15-40(36-42(44)48)71(57,58)59)12-7-5-8-13-46-49(2,20-23-65-27-28-67-31-32-69-34-33-68-30-29-66-26-25-64-4)43-37-41(72(60,61)62)16-18-45(43)51(46)21-10-6-9-14-47(52)53/h5,7-8,12-13,15-18,36-38H,6,9-11,14,19-35H2,1-4H3,(H,52,53)(H,54,55,56)(H,57,58,59)(H,60,61,62)/b8-5+,12-7+,46-13+. The molecule has 0 spiro atoms. The molecule has 0 radical (unpaired) electrons. The number of allylic oxidation sites excluding steroid dienone is 7. The quantitative estimate of drug-likeness (QED) is 0.0346. The van der Waals surface area contributed by atoms with Crippen LogP contribution in [0.4, 0.5) is 11.4 Å². The molecule has 72 heavy (non-hydrogen) atoms. The van der Waals surface area contributed by atoms with Gasteiger partial charge in [-0.1, -0.05) is 37.6 Å². The van der Waals surface area contributed by atoms with Crippen LogP contribution in [0.1, 0.15) is 69.9 Å². The average molecular weight is 1070 g/mol. The Labute approximate surface area is 424 Å². The monoisotopic (exact) mass is 1070 g/mol. The molecule has 2 unspecified atom stereocenters. The number of anilines is 2. The SMILES string of the molecule is COCCOCCOCCOCCOCCOCCC1(C)\C(=C/C=C/C=C/C2=CN(CCOC)c3ccc(S(=O)(=O)O)cc3C2(C)CCCS(=O)(=O)O)N(CCCCCC(=O)O)c2ccc(S(=O)(=O)O)cc21. The predicted octanol–water partition coefficient (Wildman–Crippen LogP) is 5.99. The van der Waals surface area contributed by atoms with Gasteiger partial charge in [-0.25, -0.2) is 0 Å². The maximum Gasteiger partial charge on any atom is 0.303 e. The third kappa shape index (κ3) is 18.7. The molecule has 4 N–H and O–H groups in total. The molecular formula is C49H72N2O18S3. The summed E-state index contributed by atoms with van der Waals surface area (Å²) < 4.78 is 141. The molecule has 0 aliphatic carbocycles. The third-order valence-electron chi connectivity index (χ3n) is 12.4. The minimum atomic E-state index is -4.62. The lowest BCUT2D eigenvalue weighted by Crippen LogP contribution is -2.36. The molecule has 0 aromatic heterocycles. The highest BCUT2D eigenvalue weighted by Crippen LogP contribution is 2.51. The second-order valence-electron chi connectivity index (χ2n) is 17.6. The number of unbranched alkanes of at least 4 members (excludes halogenated alkanes) is 2. The van der Waals surface area contributed by atoms with Crippen LogP contribution in [-0.2, 0) is 79.1 Å². The van der Waals surface area contributed by atoms with E-state index in [0.29, 0.717) is 127 Å². The second-order valence-corrected chi connectivity index (χ2v) is 22.0. The van der Waals surface area contributed by atoms with Crippen molar-refractivity contribution < 1.29 is 82.0 Å². The van der Waals surface area contributed by atoms with Crippen LogP contribution in [0.5, 0.6) is 0 Å². The van der Waals surface area contributed by atoms with Gasteiger partial charge >= 0.3 is 5.97 Å². The van der Waals surface area contributed by atoms with Crippen LogP contribution in [0.15, 0.2) is 94.0 Å². The van der Waals surface area contributed by atoms with E-state index in [1.807, 2.05) is 43.2 Å². The lowest BCUT2D eigenvalue weighted by Gasteiger charge is -2.41. The average Bonchev–Trinajstić information content (AvgIpc) is 3.54. The number of hydrogen-bond donors (Lipinski definition) is 4. The van der Waals surface area contributed by atoms with Crippen molar-refractivity contribution in [3.63, 3.8) is 0 Å². The van der Waals surface area contributed by atoms with Crippen molar-refractivity contribution >= 4 is 47.7 Å². The van der Waals surface area contributed by atoms with Gasteiger partial charge in [-0.05, 0) is 98.2 Å². The normalized spacial score (nSPS) is 18.9. The highest BCUT2D eigenvalue weighted by molar-refractivity contribution is 7.86. The van der Waals surface area contributed by atoms with Gasteiger partial charge in [-0.3, -0.25) is 18.5 Å². The highest BCUT2D eigenvalue weighted by Gasteiger charge is 2.44. The van der Waals surface area contributed by atoms with Gasteiger partial charge in [0.2, 0.25) is 0 Å². The first-order valence-electron chi connectivity index (χ1n) is 23.8. The third-order valence-corrected chi connectivity index (χ3v) is 14.9. The van der Waals surface area contributed by atoms with Crippen molar-refractivity contribution in [2.75, 3.05) is 122 Å². The molecule has 20 nitrogen and oxygen atoms in total. The molecule has 0 saturated carbocycles. The summed E-state index contributed by atoms with van der Waals surface area (Å²) in [6.45, 7) is 9.26. The van der Waals surface area contributed by atoms with Gasteiger partial charge in [0.15, 0.2) is 0 Å². The Bertz CT molecular complexity index is 2530. The fraction of sp³-hybridized carbons (Fsp3) is 0.571. The van der Waals surface area contributed by atoms with E-state index in [-0.39, 0.29) is 42.3 Å². The summed E-state index contributed by atoms with van der Waals surface area (Å²) in [7, 11) is -10.4. The number of nitrogens with zero attached hydrogens (tertiary/aromatic N) is 2. The Morgan fingerprint density at radius 3 is 1.65 bits per heavy atom. The first-order valence-corrected chi connectivity index (χ1v) is 28.2. The van der Waals surface area contributed by atoms with Crippen molar-refractivity contribution in [1.82, 2.24) is 0 Å². The van der Waals surface area contributed by atoms with Gasteiger partial charge in [0.25, 0.3) is 30.4 Å². The molecule has 2 heterocycles. The van der Waals surface area contributed by atoms with Crippen LogP contribution < -0.4 is 9.80 Å². The van der Waals surface area contributed by atoms with Crippen molar-refractivity contribution in [2.24, 2.45) is 0 Å². The van der Waals surface area contributed by atoms with Crippen molar-refractivity contribution in [2.45, 2.75) is 79.4 Å². The lowest BCUT2D eigenvalue weighted by molar-refractivity contribution is -0.137. The smallest absolute Gasteiger partial charge is 0.303 e. The van der Waals surface area contributed by atoms with Gasteiger partial charge in [0.05, 0.1) is 88.2 Å². The Morgan fingerprint density at radius 1 is 0.597 bits per heavy atom. The maximum atomic E-state index is 12.5. The summed E-state index contributed by atoms with van der Waals surface area (Å²) in [6.07, 6.45) is 13.2. The Kier molecular flexibility index (Phi) is 24.5. The summed E-state index contributed by atoms with van der Waals surface area (Å²) in [6, 6.07) is 8.70. The summed E-state index contributed by atoms with van der Waals surface area (Å²) in [4.78, 5) is 14.6. The molecule has 2 aromatic carbocycles. The van der Waals surface area contributed by atoms with E-state index in [1.165, 1.54) is 24.3 Å². The molecule has 2 atom stereocenters. The molecule has 2 aliphatic heterocycles. The molecule has 2 aromatic rings. The number of ether oxygens (including phenoxy) is 7. The zero-order chi connectivity index (χ0) is 52.8.